The smallest absolute Gasteiger partial charge is 0.416 e. The standard InChI is InChI=1S/C11H11ClF3NO4S/c1-21(19,20)16(5-4-10(17)18)9-6-7(11(13,14)15)2-3-8(9)12/h2-3,6H,4-5H2,1H3,(H,17,18). The van der Waals surface area contributed by atoms with Crippen LogP contribution in [0.25, 0.3) is 0 Å². The zero-order valence-electron chi connectivity index (χ0n) is 10.7. The maximum Gasteiger partial charge on any atom is 0.416 e. The first-order chi connectivity index (χ1) is 9.43. The minimum Gasteiger partial charge on any atom is -0.481 e. The summed E-state index contributed by atoms with van der Waals surface area (Å²) >= 11 is 5.74. The van der Waals surface area contributed by atoms with E-state index in [4.69, 9.17) is 16.7 Å². The second-order valence-electron chi connectivity index (χ2n) is 4.14. The third-order valence-electron chi connectivity index (χ3n) is 2.47. The molecule has 0 heterocycles. The molecule has 10 heteroatoms. The Balaban J connectivity index is 3.33. The predicted molar refractivity (Wildman–Crippen MR) is 70.9 cm³/mol. The van der Waals surface area contributed by atoms with Gasteiger partial charge >= 0.3 is 12.1 Å². The van der Waals surface area contributed by atoms with Crippen molar-refractivity contribution >= 4 is 33.3 Å². The SMILES string of the molecule is CS(=O)(=O)N(CCC(=O)O)c1cc(C(F)(F)F)ccc1Cl. The van der Waals surface area contributed by atoms with E-state index in [0.29, 0.717) is 16.4 Å². The van der Waals surface area contributed by atoms with E-state index in [1.54, 1.807) is 0 Å². The molecule has 0 fully saturated rings. The first-order valence-corrected chi connectivity index (χ1v) is 7.72. The third kappa shape index (κ3) is 4.78. The van der Waals surface area contributed by atoms with E-state index < -0.39 is 46.4 Å². The van der Waals surface area contributed by atoms with Crippen molar-refractivity contribution in [1.29, 1.82) is 0 Å². The Morgan fingerprint density at radius 1 is 1.38 bits per heavy atom. The van der Waals surface area contributed by atoms with Gasteiger partial charge in [-0.1, -0.05) is 11.6 Å². The molecule has 0 aliphatic carbocycles. The number of carboxylic acids is 1. The Morgan fingerprint density at radius 3 is 2.38 bits per heavy atom. The molecule has 0 aliphatic rings. The number of sulfonamides is 1. The van der Waals surface area contributed by atoms with E-state index in [1.165, 1.54) is 0 Å². The maximum atomic E-state index is 12.7. The van der Waals surface area contributed by atoms with Crippen molar-refractivity contribution in [2.24, 2.45) is 0 Å². The van der Waals surface area contributed by atoms with Gasteiger partial charge in [0.15, 0.2) is 0 Å². The Labute approximate surface area is 124 Å². The first kappa shape index (κ1) is 17.6. The molecule has 0 aromatic heterocycles. The van der Waals surface area contributed by atoms with E-state index in [0.717, 1.165) is 12.3 Å². The molecule has 0 saturated heterocycles. The van der Waals surface area contributed by atoms with Crippen molar-refractivity contribution in [2.45, 2.75) is 12.6 Å². The van der Waals surface area contributed by atoms with Crippen molar-refractivity contribution in [2.75, 3.05) is 17.1 Å². The van der Waals surface area contributed by atoms with E-state index in [-0.39, 0.29) is 5.02 Å². The molecule has 0 amide bonds. The molecule has 1 N–H and O–H groups in total. The molecule has 0 saturated carbocycles. The molecule has 118 valence electrons. The van der Waals surface area contributed by atoms with Crippen molar-refractivity contribution in [3.8, 4) is 0 Å². The molecule has 1 rings (SSSR count). The summed E-state index contributed by atoms with van der Waals surface area (Å²) in [7, 11) is -3.98. The van der Waals surface area contributed by atoms with Gasteiger partial charge in [-0.25, -0.2) is 8.42 Å². The van der Waals surface area contributed by atoms with Gasteiger partial charge in [0.25, 0.3) is 0 Å². The van der Waals surface area contributed by atoms with Gasteiger partial charge in [0, 0.05) is 6.54 Å². The second-order valence-corrected chi connectivity index (χ2v) is 6.46. The van der Waals surface area contributed by atoms with Gasteiger partial charge in [-0.3, -0.25) is 9.10 Å². The molecule has 0 bridgehead atoms. The summed E-state index contributed by atoms with van der Waals surface area (Å²) in [4.78, 5) is 10.5. The van der Waals surface area contributed by atoms with Gasteiger partial charge in [0.2, 0.25) is 10.0 Å². The molecule has 1 aromatic rings. The summed E-state index contributed by atoms with van der Waals surface area (Å²) in [5, 5.41) is 8.37. The fourth-order valence-corrected chi connectivity index (χ4v) is 2.74. The van der Waals surface area contributed by atoms with Crippen LogP contribution in [0.2, 0.25) is 5.02 Å². The number of rotatable bonds is 5. The number of halogens is 4. The number of aliphatic carboxylic acids is 1. The molecule has 5 nitrogen and oxygen atoms in total. The normalized spacial score (nSPS) is 12.2. The van der Waals surface area contributed by atoms with Gasteiger partial charge in [0.05, 0.1) is 29.0 Å². The highest BCUT2D eigenvalue weighted by atomic mass is 35.5. The molecule has 21 heavy (non-hydrogen) atoms. The molecule has 0 radical (unpaired) electrons. The highest BCUT2D eigenvalue weighted by molar-refractivity contribution is 7.92. The topological polar surface area (TPSA) is 74.7 Å². The zero-order chi connectivity index (χ0) is 16.4. The third-order valence-corrected chi connectivity index (χ3v) is 3.97. The number of carboxylic acid groups (broad SMARTS) is 1. The van der Waals surface area contributed by atoms with Crippen molar-refractivity contribution in [3.05, 3.63) is 28.8 Å². The lowest BCUT2D eigenvalue weighted by Crippen LogP contribution is -2.32. The van der Waals surface area contributed by atoms with Gasteiger partial charge in [-0.15, -0.1) is 0 Å². The monoisotopic (exact) mass is 345 g/mol. The van der Waals surface area contributed by atoms with Gasteiger partial charge in [-0.05, 0) is 18.2 Å². The molecular formula is C11H11ClF3NO4S. The summed E-state index contributed by atoms with van der Waals surface area (Å²) in [5.41, 5.74) is -1.49. The Morgan fingerprint density at radius 2 is 1.95 bits per heavy atom. The lowest BCUT2D eigenvalue weighted by Gasteiger charge is -2.23. The van der Waals surface area contributed by atoms with Crippen LogP contribution in [0.3, 0.4) is 0 Å². The number of benzene rings is 1. The highest BCUT2D eigenvalue weighted by Crippen LogP contribution is 2.36. The van der Waals surface area contributed by atoms with E-state index in [2.05, 4.69) is 0 Å². The van der Waals surface area contributed by atoms with Gasteiger partial charge in [-0.2, -0.15) is 13.2 Å². The number of carbonyl (C=O) groups is 1. The van der Waals surface area contributed by atoms with Gasteiger partial charge in [0.1, 0.15) is 0 Å². The zero-order valence-corrected chi connectivity index (χ0v) is 12.3. The molecular weight excluding hydrogens is 335 g/mol. The van der Waals surface area contributed by atoms with Crippen LogP contribution < -0.4 is 4.31 Å². The molecule has 0 spiro atoms. The number of nitrogens with zero attached hydrogens (tertiary/aromatic N) is 1. The highest BCUT2D eigenvalue weighted by Gasteiger charge is 2.32. The lowest BCUT2D eigenvalue weighted by molar-refractivity contribution is -0.138. The summed E-state index contributed by atoms with van der Waals surface area (Å²) in [6, 6.07) is 2.20. The number of anilines is 1. The Hall–Kier alpha value is -1.48. The fraction of sp³-hybridized carbons (Fsp3) is 0.364. The fourth-order valence-electron chi connectivity index (χ4n) is 1.54. The maximum absolute atomic E-state index is 12.7. The van der Waals surface area contributed by atoms with Crippen molar-refractivity contribution in [1.82, 2.24) is 0 Å². The van der Waals surface area contributed by atoms with Crippen LogP contribution in [0.1, 0.15) is 12.0 Å². The largest absolute Gasteiger partial charge is 0.481 e. The Kier molecular flexibility index (Phi) is 5.11. The molecule has 1 aromatic carbocycles. The van der Waals surface area contributed by atoms with Crippen molar-refractivity contribution in [3.63, 3.8) is 0 Å². The van der Waals surface area contributed by atoms with Crippen LogP contribution in [0, 0.1) is 0 Å². The average molecular weight is 346 g/mol. The summed E-state index contributed by atoms with van der Waals surface area (Å²) < 4.78 is 61.8. The minimum atomic E-state index is -4.67. The van der Waals surface area contributed by atoms with Crippen LogP contribution in [-0.2, 0) is 21.0 Å². The number of hydrogen-bond acceptors (Lipinski definition) is 3. The van der Waals surface area contributed by atoms with Crippen LogP contribution in [0.4, 0.5) is 18.9 Å². The van der Waals surface area contributed by atoms with Crippen LogP contribution >= 0.6 is 11.6 Å². The van der Waals surface area contributed by atoms with Gasteiger partial charge < -0.3 is 5.11 Å². The predicted octanol–water partition coefficient (Wildman–Crippen LogP) is 2.60. The molecule has 0 unspecified atom stereocenters. The minimum absolute atomic E-state index is 0.223. The lowest BCUT2D eigenvalue weighted by atomic mass is 10.2. The quantitative estimate of drug-likeness (QED) is 0.890. The molecule has 0 aliphatic heterocycles. The van der Waals surface area contributed by atoms with E-state index in [9.17, 15) is 26.4 Å². The van der Waals surface area contributed by atoms with E-state index >= 15 is 0 Å². The summed E-state index contributed by atoms with van der Waals surface area (Å²) in [5.74, 6) is -1.29. The second kappa shape index (κ2) is 6.10. The number of hydrogen-bond donors (Lipinski definition) is 1. The van der Waals surface area contributed by atoms with Crippen LogP contribution in [0.15, 0.2) is 18.2 Å². The van der Waals surface area contributed by atoms with E-state index in [1.807, 2.05) is 0 Å². The summed E-state index contributed by atoms with van der Waals surface area (Å²) in [6.45, 7) is -0.519. The Bertz CT molecular complexity index is 645. The van der Waals surface area contributed by atoms with Crippen LogP contribution in [0.5, 0.6) is 0 Å². The number of alkyl halides is 3. The van der Waals surface area contributed by atoms with Crippen LogP contribution in [-0.4, -0.2) is 32.3 Å². The first-order valence-electron chi connectivity index (χ1n) is 5.49. The molecule has 0 atom stereocenters. The summed E-state index contributed by atoms with van der Waals surface area (Å²) in [6.07, 6.45) is -4.49. The van der Waals surface area contributed by atoms with Crippen molar-refractivity contribution < 1.29 is 31.5 Å². The average Bonchev–Trinajstić information content (AvgIpc) is 2.27.